The second-order valence-corrected chi connectivity index (χ2v) is 8.82. The standard InChI is InChI=1S/C22H24N4O3S/c1-29-14-6-8-18-17(10-14)23-12-26(18)11-13-5-7-15-20(9-13)30-22(24-15)25-16-3-2-4-19(27)21(16)28/h5-10,12,16,19,21,27-28H,2-4,11H2,1H3,(H,24,25). The van der Waals surface area contributed by atoms with Gasteiger partial charge in [-0.3, -0.25) is 0 Å². The van der Waals surface area contributed by atoms with Crippen LogP contribution in [0.1, 0.15) is 24.8 Å². The molecule has 0 spiro atoms. The van der Waals surface area contributed by atoms with E-state index < -0.39 is 12.2 Å². The molecule has 0 aliphatic heterocycles. The van der Waals surface area contributed by atoms with Gasteiger partial charge in [-0.25, -0.2) is 9.97 Å². The number of benzene rings is 2. The highest BCUT2D eigenvalue weighted by Gasteiger charge is 2.30. The van der Waals surface area contributed by atoms with E-state index in [9.17, 15) is 10.2 Å². The van der Waals surface area contributed by atoms with Gasteiger partial charge in [-0.15, -0.1) is 0 Å². The van der Waals surface area contributed by atoms with Crippen LogP contribution in [0.5, 0.6) is 5.75 Å². The minimum absolute atomic E-state index is 0.164. The van der Waals surface area contributed by atoms with Gasteiger partial charge in [0.1, 0.15) is 5.75 Å². The Morgan fingerprint density at radius 3 is 2.93 bits per heavy atom. The van der Waals surface area contributed by atoms with Crippen LogP contribution >= 0.6 is 11.3 Å². The van der Waals surface area contributed by atoms with Gasteiger partial charge < -0.3 is 24.8 Å². The lowest BCUT2D eigenvalue weighted by atomic mass is 9.90. The zero-order valence-corrected chi connectivity index (χ0v) is 17.5. The maximum absolute atomic E-state index is 10.2. The SMILES string of the molecule is COc1ccc2c(c1)ncn2Cc1ccc2nc(NC3CCCC(O)C3O)sc2c1. The van der Waals surface area contributed by atoms with Crippen LogP contribution in [0, 0.1) is 0 Å². The molecule has 0 radical (unpaired) electrons. The van der Waals surface area contributed by atoms with E-state index in [1.54, 1.807) is 18.4 Å². The molecule has 0 amide bonds. The quantitative estimate of drug-likeness (QED) is 0.455. The van der Waals surface area contributed by atoms with Crippen LogP contribution in [0.2, 0.25) is 0 Å². The number of hydrogen-bond donors (Lipinski definition) is 3. The van der Waals surface area contributed by atoms with Crippen LogP contribution in [-0.2, 0) is 6.54 Å². The van der Waals surface area contributed by atoms with Gasteiger partial charge in [0.25, 0.3) is 0 Å². The molecule has 1 aliphatic rings. The molecule has 2 heterocycles. The summed E-state index contributed by atoms with van der Waals surface area (Å²) in [6.07, 6.45) is 2.81. The Morgan fingerprint density at radius 1 is 1.17 bits per heavy atom. The number of aliphatic hydroxyl groups is 2. The van der Waals surface area contributed by atoms with Crippen molar-refractivity contribution in [2.75, 3.05) is 12.4 Å². The van der Waals surface area contributed by atoms with Gasteiger partial charge in [-0.05, 0) is 49.1 Å². The van der Waals surface area contributed by atoms with Gasteiger partial charge >= 0.3 is 0 Å². The number of fused-ring (bicyclic) bond motifs is 2. The fourth-order valence-corrected chi connectivity index (χ4v) is 5.09. The average Bonchev–Trinajstić information content (AvgIpc) is 3.34. The molecule has 3 atom stereocenters. The van der Waals surface area contributed by atoms with Crippen LogP contribution in [0.4, 0.5) is 5.13 Å². The van der Waals surface area contributed by atoms with Crippen molar-refractivity contribution in [1.29, 1.82) is 0 Å². The van der Waals surface area contributed by atoms with Crippen molar-refractivity contribution in [3.8, 4) is 5.75 Å². The molecular weight excluding hydrogens is 400 g/mol. The number of methoxy groups -OCH3 is 1. The van der Waals surface area contributed by atoms with Gasteiger partial charge in [0.15, 0.2) is 5.13 Å². The number of aliphatic hydroxyl groups excluding tert-OH is 2. The van der Waals surface area contributed by atoms with Crippen molar-refractivity contribution in [3.63, 3.8) is 0 Å². The third-order valence-corrected chi connectivity index (χ3v) is 6.71. The Bertz CT molecular complexity index is 1190. The summed E-state index contributed by atoms with van der Waals surface area (Å²) in [6.45, 7) is 0.715. The molecule has 0 bridgehead atoms. The molecule has 5 rings (SSSR count). The normalized spacial score (nSPS) is 21.9. The molecule has 30 heavy (non-hydrogen) atoms. The Hall–Kier alpha value is -2.68. The minimum atomic E-state index is -0.755. The highest BCUT2D eigenvalue weighted by molar-refractivity contribution is 7.22. The number of nitrogens with zero attached hydrogens (tertiary/aromatic N) is 3. The topological polar surface area (TPSA) is 92.4 Å². The van der Waals surface area contributed by atoms with E-state index in [1.807, 2.05) is 30.6 Å². The molecule has 1 aliphatic carbocycles. The average molecular weight is 425 g/mol. The number of imidazole rings is 1. The maximum Gasteiger partial charge on any atom is 0.184 e. The van der Waals surface area contributed by atoms with Crippen molar-refractivity contribution in [1.82, 2.24) is 14.5 Å². The lowest BCUT2D eigenvalue weighted by Gasteiger charge is -2.32. The monoisotopic (exact) mass is 424 g/mol. The largest absolute Gasteiger partial charge is 0.497 e. The Labute approximate surface area is 178 Å². The van der Waals surface area contributed by atoms with Crippen molar-refractivity contribution < 1.29 is 14.9 Å². The van der Waals surface area contributed by atoms with Gasteiger partial charge in [-0.1, -0.05) is 17.4 Å². The second-order valence-electron chi connectivity index (χ2n) is 7.79. The van der Waals surface area contributed by atoms with Crippen molar-refractivity contribution in [3.05, 3.63) is 48.3 Å². The van der Waals surface area contributed by atoms with Gasteiger partial charge in [0.2, 0.25) is 0 Å². The van der Waals surface area contributed by atoms with Crippen molar-refractivity contribution in [2.45, 2.75) is 44.1 Å². The summed E-state index contributed by atoms with van der Waals surface area (Å²) in [5, 5.41) is 24.2. The number of hydrogen-bond acceptors (Lipinski definition) is 7. The first-order valence-corrected chi connectivity index (χ1v) is 10.9. The number of anilines is 1. The molecule has 1 saturated carbocycles. The van der Waals surface area contributed by atoms with Crippen LogP contribution in [0.3, 0.4) is 0 Å². The van der Waals surface area contributed by atoms with Crippen LogP contribution in [0.25, 0.3) is 21.3 Å². The zero-order chi connectivity index (χ0) is 20.7. The first-order chi connectivity index (χ1) is 14.6. The molecule has 7 nitrogen and oxygen atoms in total. The minimum Gasteiger partial charge on any atom is -0.497 e. The molecular formula is C22H24N4O3S. The Morgan fingerprint density at radius 2 is 2.07 bits per heavy atom. The summed E-state index contributed by atoms with van der Waals surface area (Å²) < 4.78 is 8.49. The fraction of sp³-hybridized carbons (Fsp3) is 0.364. The Kier molecular flexibility index (Phi) is 5.06. The fourth-order valence-electron chi connectivity index (χ4n) is 4.10. The van der Waals surface area contributed by atoms with Crippen LogP contribution < -0.4 is 10.1 Å². The highest BCUT2D eigenvalue weighted by Crippen LogP contribution is 2.30. The van der Waals surface area contributed by atoms with Gasteiger partial charge in [0, 0.05) is 12.6 Å². The van der Waals surface area contributed by atoms with E-state index >= 15 is 0 Å². The number of ether oxygens (including phenoxy) is 1. The number of thiazole rings is 1. The lowest BCUT2D eigenvalue weighted by Crippen LogP contribution is -2.45. The van der Waals surface area contributed by atoms with E-state index in [4.69, 9.17) is 4.74 Å². The third-order valence-electron chi connectivity index (χ3n) is 5.76. The smallest absolute Gasteiger partial charge is 0.184 e. The van der Waals surface area contributed by atoms with Crippen molar-refractivity contribution in [2.24, 2.45) is 0 Å². The second kappa shape index (κ2) is 7.86. The molecule has 156 valence electrons. The van der Waals surface area contributed by atoms with Crippen LogP contribution in [-0.4, -0.2) is 50.1 Å². The highest BCUT2D eigenvalue weighted by atomic mass is 32.1. The number of nitrogens with one attached hydrogen (secondary N) is 1. The molecule has 4 aromatic rings. The van der Waals surface area contributed by atoms with E-state index in [2.05, 4.69) is 32.0 Å². The summed E-state index contributed by atoms with van der Waals surface area (Å²) >= 11 is 1.57. The summed E-state index contributed by atoms with van der Waals surface area (Å²) in [4.78, 5) is 9.14. The van der Waals surface area contributed by atoms with Crippen molar-refractivity contribution >= 4 is 37.7 Å². The first-order valence-electron chi connectivity index (χ1n) is 10.1. The summed E-state index contributed by atoms with van der Waals surface area (Å²) in [7, 11) is 1.66. The number of aromatic nitrogens is 3. The summed E-state index contributed by atoms with van der Waals surface area (Å²) in [5.41, 5.74) is 4.07. The van der Waals surface area contributed by atoms with Gasteiger partial charge in [-0.2, -0.15) is 0 Å². The predicted molar refractivity (Wildman–Crippen MR) is 118 cm³/mol. The lowest BCUT2D eigenvalue weighted by molar-refractivity contribution is -0.0161. The van der Waals surface area contributed by atoms with E-state index in [0.29, 0.717) is 13.0 Å². The van der Waals surface area contributed by atoms with Gasteiger partial charge in [0.05, 0.1) is 52.9 Å². The van der Waals surface area contributed by atoms with E-state index in [1.165, 1.54) is 5.56 Å². The van der Waals surface area contributed by atoms with E-state index in [-0.39, 0.29) is 6.04 Å². The molecule has 0 saturated heterocycles. The molecule has 3 unspecified atom stereocenters. The molecule has 2 aromatic heterocycles. The molecule has 1 fully saturated rings. The molecule has 8 heteroatoms. The third kappa shape index (κ3) is 3.62. The summed E-state index contributed by atoms with van der Waals surface area (Å²) in [6, 6.07) is 12.0. The summed E-state index contributed by atoms with van der Waals surface area (Å²) in [5.74, 6) is 0.800. The molecule has 2 aromatic carbocycles. The zero-order valence-electron chi connectivity index (χ0n) is 16.7. The Balaban J connectivity index is 1.36. The predicted octanol–water partition coefficient (Wildman–Crippen LogP) is 3.39. The van der Waals surface area contributed by atoms with E-state index in [0.717, 1.165) is 45.0 Å². The van der Waals surface area contributed by atoms with Crippen LogP contribution in [0.15, 0.2) is 42.7 Å². The maximum atomic E-state index is 10.2. The molecule has 3 N–H and O–H groups in total. The first kappa shape index (κ1) is 19.3. The number of rotatable bonds is 5.